The first kappa shape index (κ1) is 12.8. The molecule has 0 spiro atoms. The van der Waals surface area contributed by atoms with E-state index >= 15 is 0 Å². The van der Waals surface area contributed by atoms with Gasteiger partial charge in [0, 0.05) is 6.20 Å². The minimum Gasteiger partial charge on any atom is -0.502 e. The second-order valence-corrected chi connectivity index (χ2v) is 2.91. The van der Waals surface area contributed by atoms with Crippen LogP contribution in [0.1, 0.15) is 12.0 Å². The number of ether oxygens (including phenoxy) is 1. The number of alkyl halides is 5. The topological polar surface area (TPSA) is 42.4 Å². The van der Waals surface area contributed by atoms with E-state index in [0.717, 1.165) is 0 Å². The van der Waals surface area contributed by atoms with E-state index in [1.54, 1.807) is 0 Å². The first-order valence-electron chi connectivity index (χ1n) is 3.63. The fraction of sp³-hybridized carbons (Fsp3) is 0.286. The Hall–Kier alpha value is -1.31. The van der Waals surface area contributed by atoms with Crippen LogP contribution in [0.5, 0.6) is 11.6 Å². The van der Waals surface area contributed by atoms with E-state index in [9.17, 15) is 22.0 Å². The van der Waals surface area contributed by atoms with E-state index in [4.69, 9.17) is 16.7 Å². The monoisotopic (exact) mass is 263 g/mol. The van der Waals surface area contributed by atoms with Crippen molar-refractivity contribution in [3.63, 3.8) is 0 Å². The molecule has 0 bridgehead atoms. The zero-order valence-electron chi connectivity index (χ0n) is 7.23. The molecule has 3 nitrogen and oxygen atoms in total. The molecular formula is C7H3ClF5NO2. The van der Waals surface area contributed by atoms with Crippen LogP contribution in [0.2, 0.25) is 5.02 Å². The normalized spacial score (nSPS) is 11.9. The summed E-state index contributed by atoms with van der Waals surface area (Å²) in [5.74, 6) is -2.56. The van der Waals surface area contributed by atoms with Gasteiger partial charge in [0.2, 0.25) is 0 Å². The highest BCUT2D eigenvalue weighted by molar-refractivity contribution is 6.33. The quantitative estimate of drug-likeness (QED) is 0.833. The zero-order valence-corrected chi connectivity index (χ0v) is 7.98. The maximum atomic E-state index is 12.2. The summed E-state index contributed by atoms with van der Waals surface area (Å²) in [6, 6.07) is 0. The fourth-order valence-electron chi connectivity index (χ4n) is 0.813. The molecule has 0 aliphatic rings. The maximum absolute atomic E-state index is 12.2. The summed E-state index contributed by atoms with van der Waals surface area (Å²) in [6.45, 7) is 0. The van der Waals surface area contributed by atoms with Crippen molar-refractivity contribution in [2.45, 2.75) is 12.8 Å². The molecule has 16 heavy (non-hydrogen) atoms. The molecule has 0 aliphatic carbocycles. The number of rotatable bonds is 2. The number of hydrogen-bond donors (Lipinski definition) is 1. The lowest BCUT2D eigenvalue weighted by atomic mass is 10.3. The average molecular weight is 264 g/mol. The molecule has 0 aliphatic heterocycles. The lowest BCUT2D eigenvalue weighted by molar-refractivity contribution is -0.276. The first-order valence-corrected chi connectivity index (χ1v) is 4.01. The summed E-state index contributed by atoms with van der Waals surface area (Å²) in [7, 11) is 0. The minimum absolute atomic E-state index is 0.397. The SMILES string of the molecule is Oc1c(OC(F)(F)F)ncc(C(F)F)c1Cl. The largest absolute Gasteiger partial charge is 0.574 e. The predicted molar refractivity (Wildman–Crippen MR) is 42.6 cm³/mol. The lowest BCUT2D eigenvalue weighted by Gasteiger charge is -2.11. The smallest absolute Gasteiger partial charge is 0.502 e. The molecule has 0 atom stereocenters. The standard InChI is InChI=1S/C7H3ClF5NO2/c8-3-2(5(9)10)1-14-6(4(3)15)16-7(11,12)13/h1,5,15H. The summed E-state index contributed by atoms with van der Waals surface area (Å²) >= 11 is 5.20. The van der Waals surface area contributed by atoms with E-state index in [-0.39, 0.29) is 0 Å². The van der Waals surface area contributed by atoms with Gasteiger partial charge in [-0.05, 0) is 0 Å². The van der Waals surface area contributed by atoms with E-state index in [0.29, 0.717) is 6.20 Å². The summed E-state index contributed by atoms with van der Waals surface area (Å²) in [5, 5.41) is 8.11. The van der Waals surface area contributed by atoms with Gasteiger partial charge in [-0.25, -0.2) is 13.8 Å². The van der Waals surface area contributed by atoms with Crippen molar-refractivity contribution < 1.29 is 31.8 Å². The number of pyridine rings is 1. The lowest BCUT2D eigenvalue weighted by Crippen LogP contribution is -2.18. The number of aromatic nitrogens is 1. The molecule has 0 fully saturated rings. The van der Waals surface area contributed by atoms with Crippen molar-refractivity contribution >= 4 is 11.6 Å². The Morgan fingerprint density at radius 3 is 2.38 bits per heavy atom. The molecule has 1 aromatic heterocycles. The number of nitrogens with zero attached hydrogens (tertiary/aromatic N) is 1. The van der Waals surface area contributed by atoms with Crippen molar-refractivity contribution in [2.24, 2.45) is 0 Å². The van der Waals surface area contributed by atoms with E-state index in [1.807, 2.05) is 0 Å². The third-order valence-corrected chi connectivity index (χ3v) is 1.83. The second kappa shape index (κ2) is 4.28. The maximum Gasteiger partial charge on any atom is 0.574 e. The Kier molecular flexibility index (Phi) is 3.41. The fourth-order valence-corrected chi connectivity index (χ4v) is 1.03. The Morgan fingerprint density at radius 1 is 1.38 bits per heavy atom. The van der Waals surface area contributed by atoms with Crippen molar-refractivity contribution in [1.29, 1.82) is 0 Å². The summed E-state index contributed by atoms with van der Waals surface area (Å²) in [5.41, 5.74) is -0.881. The molecule has 0 radical (unpaired) electrons. The molecule has 1 N–H and O–H groups in total. The molecule has 1 heterocycles. The van der Waals surface area contributed by atoms with Gasteiger partial charge in [-0.2, -0.15) is 0 Å². The van der Waals surface area contributed by atoms with Crippen LogP contribution in [0.25, 0.3) is 0 Å². The highest BCUT2D eigenvalue weighted by Gasteiger charge is 2.34. The van der Waals surface area contributed by atoms with Gasteiger partial charge < -0.3 is 9.84 Å². The van der Waals surface area contributed by atoms with Crippen LogP contribution in [0, 0.1) is 0 Å². The second-order valence-electron chi connectivity index (χ2n) is 2.53. The number of aromatic hydroxyl groups is 1. The summed E-state index contributed by atoms with van der Waals surface area (Å²) < 4.78 is 62.9. The van der Waals surface area contributed by atoms with Crippen LogP contribution < -0.4 is 4.74 Å². The van der Waals surface area contributed by atoms with Gasteiger partial charge in [0.15, 0.2) is 5.75 Å². The van der Waals surface area contributed by atoms with Crippen LogP contribution >= 0.6 is 11.6 Å². The van der Waals surface area contributed by atoms with Gasteiger partial charge in [-0.3, -0.25) is 0 Å². The molecule has 9 heteroatoms. The first-order chi connectivity index (χ1) is 7.22. The molecule has 0 amide bonds. The van der Waals surface area contributed by atoms with Gasteiger partial charge in [0.05, 0.1) is 10.6 Å². The van der Waals surface area contributed by atoms with Crippen LogP contribution in [-0.4, -0.2) is 16.5 Å². The summed E-state index contributed by atoms with van der Waals surface area (Å²) in [6.07, 6.45) is -7.76. The van der Waals surface area contributed by atoms with Crippen LogP contribution in [-0.2, 0) is 0 Å². The van der Waals surface area contributed by atoms with Crippen molar-refractivity contribution in [2.75, 3.05) is 0 Å². The van der Waals surface area contributed by atoms with Crippen LogP contribution in [0.3, 0.4) is 0 Å². The Balaban J connectivity index is 3.12. The van der Waals surface area contributed by atoms with Gasteiger partial charge >= 0.3 is 6.36 Å². The van der Waals surface area contributed by atoms with Gasteiger partial charge in [0.25, 0.3) is 12.3 Å². The molecule has 0 saturated heterocycles. The Bertz CT molecular complexity index is 395. The molecule has 1 aromatic rings. The van der Waals surface area contributed by atoms with Gasteiger partial charge in [0.1, 0.15) is 0 Å². The third-order valence-electron chi connectivity index (χ3n) is 1.43. The number of halogens is 6. The van der Waals surface area contributed by atoms with Gasteiger partial charge in [-0.1, -0.05) is 11.6 Å². The van der Waals surface area contributed by atoms with Crippen molar-refractivity contribution in [3.05, 3.63) is 16.8 Å². The average Bonchev–Trinajstić information content (AvgIpc) is 2.10. The summed E-state index contributed by atoms with van der Waals surface area (Å²) in [4.78, 5) is 2.89. The Labute approximate surface area is 90.4 Å². The van der Waals surface area contributed by atoms with E-state index < -0.39 is 35.0 Å². The highest BCUT2D eigenvalue weighted by atomic mass is 35.5. The minimum atomic E-state index is -5.10. The van der Waals surface area contributed by atoms with Crippen molar-refractivity contribution in [1.82, 2.24) is 4.98 Å². The third kappa shape index (κ3) is 2.84. The molecule has 0 saturated carbocycles. The predicted octanol–water partition coefficient (Wildman–Crippen LogP) is 3.28. The molecule has 0 unspecified atom stereocenters. The van der Waals surface area contributed by atoms with E-state index in [2.05, 4.69) is 9.72 Å². The molecular weight excluding hydrogens is 261 g/mol. The molecule has 90 valence electrons. The van der Waals surface area contributed by atoms with Crippen LogP contribution in [0.15, 0.2) is 6.20 Å². The van der Waals surface area contributed by atoms with Crippen molar-refractivity contribution in [3.8, 4) is 11.6 Å². The highest BCUT2D eigenvalue weighted by Crippen LogP contribution is 2.39. The zero-order chi connectivity index (χ0) is 12.5. The van der Waals surface area contributed by atoms with E-state index in [1.165, 1.54) is 0 Å². The number of hydrogen-bond acceptors (Lipinski definition) is 3. The van der Waals surface area contributed by atoms with Crippen LogP contribution in [0.4, 0.5) is 22.0 Å². The van der Waals surface area contributed by atoms with Gasteiger partial charge in [-0.15, -0.1) is 13.2 Å². The molecule has 0 aromatic carbocycles. The molecule has 1 rings (SSSR count). The Morgan fingerprint density at radius 2 is 1.94 bits per heavy atom.